The third-order valence-corrected chi connectivity index (χ3v) is 15.9. The summed E-state index contributed by atoms with van der Waals surface area (Å²) in [7, 11) is 13.4. The number of unbranched alkanes of at least 4 members (excludes halogenated alkanes) is 2. The van der Waals surface area contributed by atoms with Gasteiger partial charge in [0, 0.05) is 36.8 Å². The molecule has 418 valence electrons. The summed E-state index contributed by atoms with van der Waals surface area (Å²) in [6.07, 6.45) is 5.85. The number of hydrogen-bond donors (Lipinski definition) is 0. The molecular weight excluding hydrogens is 1010 g/mol. The summed E-state index contributed by atoms with van der Waals surface area (Å²) in [6, 6.07) is 27.7. The standard InChI is InChI=1S/C53H72N2O12.C6H6O3S/c1-54(22-18-38-32-48(62-7)50(64-9)34-40(38)42(54)28-36-14-16-44(58-3)46(30-36)60-5)24-20-52(56)66-26-12-11-13-27-67-53(57)21-25-55(2)23-19-39-33-49(63-8)51(65-10)35-41(39)43(55)29-37-15-17-45(59-4)47(31-37)61-6;7-10(8,9)6-4-2-1-3-5-6/h14-17,30-35,42-43H,11-13,18-29H2,1-10H3;1-5H,(H,7,8,9)/q+2;/p-1/t42-,43+,54-,55-;/m1./s1. The second kappa shape index (κ2) is 27.5. The number of fused-ring (bicyclic) bond motifs is 2. The maximum absolute atomic E-state index is 13.2. The number of likely N-dealkylation sites (N-methyl/N-ethyl adjacent to an activating group) is 2. The first-order chi connectivity index (χ1) is 37.0. The van der Waals surface area contributed by atoms with Crippen molar-refractivity contribution in [2.24, 2.45) is 0 Å². The zero-order valence-electron chi connectivity index (χ0n) is 46.3. The molecule has 7 rings (SSSR count). The van der Waals surface area contributed by atoms with E-state index in [1.807, 2.05) is 24.3 Å². The molecule has 0 spiro atoms. The zero-order valence-corrected chi connectivity index (χ0v) is 47.2. The number of ether oxygens (including phenoxy) is 10. The average Bonchev–Trinajstić information content (AvgIpc) is 3.46. The maximum atomic E-state index is 13.2. The summed E-state index contributed by atoms with van der Waals surface area (Å²) < 4.78 is 88.7. The van der Waals surface area contributed by atoms with E-state index in [0.29, 0.717) is 107 Å². The molecule has 2 aliphatic rings. The molecule has 0 bridgehead atoms. The lowest BCUT2D eigenvalue weighted by Crippen LogP contribution is -2.53. The van der Waals surface area contributed by atoms with Gasteiger partial charge in [0.05, 0.1) is 128 Å². The predicted molar refractivity (Wildman–Crippen MR) is 290 cm³/mol. The highest BCUT2D eigenvalue weighted by Crippen LogP contribution is 2.45. The van der Waals surface area contributed by atoms with E-state index in [1.54, 1.807) is 62.9 Å². The molecule has 0 amide bonds. The van der Waals surface area contributed by atoms with Crippen LogP contribution in [-0.4, -0.2) is 144 Å². The molecule has 0 aromatic heterocycles. The van der Waals surface area contributed by atoms with Crippen LogP contribution in [-0.2, 0) is 54.9 Å². The maximum Gasteiger partial charge on any atom is 0.311 e. The second-order valence-electron chi connectivity index (χ2n) is 19.8. The molecule has 0 radical (unpaired) electrons. The Labute approximate surface area is 454 Å². The lowest BCUT2D eigenvalue weighted by Gasteiger charge is -2.46. The van der Waals surface area contributed by atoms with Crippen molar-refractivity contribution in [3.05, 3.63) is 124 Å². The van der Waals surface area contributed by atoms with Gasteiger partial charge < -0.3 is 60.9 Å². The van der Waals surface area contributed by atoms with Gasteiger partial charge in [0.25, 0.3) is 0 Å². The number of carbonyl (C=O) groups is 2. The summed E-state index contributed by atoms with van der Waals surface area (Å²) in [6.45, 7) is 3.57. The lowest BCUT2D eigenvalue weighted by molar-refractivity contribution is -0.940. The molecule has 18 heteroatoms. The summed E-state index contributed by atoms with van der Waals surface area (Å²) >= 11 is 0. The molecule has 2 aliphatic heterocycles. The van der Waals surface area contributed by atoms with Gasteiger partial charge in [-0.3, -0.25) is 9.59 Å². The van der Waals surface area contributed by atoms with Gasteiger partial charge >= 0.3 is 11.9 Å². The van der Waals surface area contributed by atoms with Crippen molar-refractivity contribution in [3.63, 3.8) is 0 Å². The SMILES string of the molecule is COc1ccc(C[C@@H]2c3cc(OC)c(OC)cc3CC[N@+]2(C)CCC(=O)OCCCCCOC(=O)CC[N@@+]2(C)CCc3cc(OC)c(OC)cc3[C@@H]2Cc2ccc(OC)c(OC)c2)cc1OC.O=S(=O)([O-])c1ccccc1. The van der Waals surface area contributed by atoms with Crippen LogP contribution in [0.25, 0.3) is 0 Å². The molecule has 17 nitrogen and oxygen atoms in total. The summed E-state index contributed by atoms with van der Waals surface area (Å²) in [5, 5.41) is 0. The summed E-state index contributed by atoms with van der Waals surface area (Å²) in [5.41, 5.74) is 7.00. The fourth-order valence-electron chi connectivity index (χ4n) is 10.5. The Morgan fingerprint density at radius 3 is 1.21 bits per heavy atom. The van der Waals surface area contributed by atoms with Gasteiger partial charge in [0.2, 0.25) is 0 Å². The van der Waals surface area contributed by atoms with Gasteiger partial charge in [0.15, 0.2) is 46.0 Å². The van der Waals surface area contributed by atoms with E-state index in [0.717, 1.165) is 56.3 Å². The van der Waals surface area contributed by atoms with Crippen molar-refractivity contribution in [2.75, 3.05) is 110 Å². The van der Waals surface area contributed by atoms with E-state index < -0.39 is 10.1 Å². The first-order valence-corrected chi connectivity index (χ1v) is 27.3. The molecule has 0 saturated carbocycles. The molecule has 0 saturated heterocycles. The Hall–Kier alpha value is -6.73. The number of esters is 2. The van der Waals surface area contributed by atoms with Crippen molar-refractivity contribution in [2.45, 2.75) is 74.8 Å². The van der Waals surface area contributed by atoms with Gasteiger partial charge in [-0.15, -0.1) is 0 Å². The van der Waals surface area contributed by atoms with Crippen LogP contribution in [0.4, 0.5) is 0 Å². The monoisotopic (exact) mass is 1090 g/mol. The van der Waals surface area contributed by atoms with Gasteiger partial charge in [-0.2, -0.15) is 0 Å². The molecule has 4 atom stereocenters. The van der Waals surface area contributed by atoms with Crippen LogP contribution in [0.1, 0.15) is 77.6 Å². The quantitative estimate of drug-likeness (QED) is 0.0234. The Kier molecular flexibility index (Phi) is 21.3. The van der Waals surface area contributed by atoms with Gasteiger partial charge in [-0.25, -0.2) is 8.42 Å². The molecular formula is C59H77N2O15S+. The van der Waals surface area contributed by atoms with Crippen LogP contribution in [0, 0.1) is 0 Å². The number of benzene rings is 5. The Morgan fingerprint density at radius 2 is 0.857 bits per heavy atom. The van der Waals surface area contributed by atoms with Crippen LogP contribution in [0.3, 0.4) is 0 Å². The summed E-state index contributed by atoms with van der Waals surface area (Å²) in [4.78, 5) is 26.2. The van der Waals surface area contributed by atoms with E-state index in [9.17, 15) is 22.6 Å². The lowest BCUT2D eigenvalue weighted by atomic mass is 9.86. The van der Waals surface area contributed by atoms with E-state index in [1.165, 1.54) is 46.5 Å². The zero-order chi connectivity index (χ0) is 55.8. The van der Waals surface area contributed by atoms with Gasteiger partial charge in [0.1, 0.15) is 22.2 Å². The molecule has 77 heavy (non-hydrogen) atoms. The highest BCUT2D eigenvalue weighted by molar-refractivity contribution is 7.85. The molecule has 0 unspecified atom stereocenters. The Balaban J connectivity index is 0.000000861. The number of methoxy groups -OCH3 is 8. The minimum atomic E-state index is -4.25. The number of hydrogen-bond acceptors (Lipinski definition) is 15. The number of quaternary nitrogens is 2. The first kappa shape index (κ1) is 59.5. The van der Waals surface area contributed by atoms with E-state index in [-0.39, 0.29) is 28.9 Å². The van der Waals surface area contributed by atoms with Crippen molar-refractivity contribution in [1.29, 1.82) is 0 Å². The van der Waals surface area contributed by atoms with Gasteiger partial charge in [-0.1, -0.05) is 30.3 Å². The van der Waals surface area contributed by atoms with Crippen LogP contribution in [0.5, 0.6) is 46.0 Å². The van der Waals surface area contributed by atoms with E-state index >= 15 is 0 Å². The first-order valence-electron chi connectivity index (χ1n) is 25.9. The van der Waals surface area contributed by atoms with Crippen molar-refractivity contribution < 1.29 is 78.9 Å². The smallest absolute Gasteiger partial charge is 0.311 e. The third-order valence-electron chi connectivity index (χ3n) is 15.1. The minimum absolute atomic E-state index is 0.0393. The second-order valence-corrected chi connectivity index (χ2v) is 21.1. The molecule has 0 aliphatic carbocycles. The normalized spacial score (nSPS) is 18.5. The van der Waals surface area contributed by atoms with Crippen LogP contribution in [0.15, 0.2) is 95.9 Å². The predicted octanol–water partition coefficient (Wildman–Crippen LogP) is 8.66. The molecule has 5 aromatic rings. The Bertz CT molecular complexity index is 2720. The largest absolute Gasteiger partial charge is 0.744 e. The Morgan fingerprint density at radius 1 is 0.494 bits per heavy atom. The minimum Gasteiger partial charge on any atom is -0.744 e. The number of nitrogens with zero attached hydrogens (tertiary/aromatic N) is 2. The fourth-order valence-corrected chi connectivity index (χ4v) is 11.0. The number of rotatable bonds is 25. The molecule has 5 aromatic carbocycles. The average molecular weight is 1090 g/mol. The highest BCUT2D eigenvalue weighted by atomic mass is 32.2. The van der Waals surface area contributed by atoms with Crippen LogP contribution < -0.4 is 37.9 Å². The van der Waals surface area contributed by atoms with Crippen molar-refractivity contribution >= 4 is 22.1 Å². The molecule has 2 heterocycles. The van der Waals surface area contributed by atoms with E-state index in [4.69, 9.17) is 47.4 Å². The topological polar surface area (TPSA) is 184 Å². The van der Waals surface area contributed by atoms with E-state index in [2.05, 4.69) is 50.5 Å². The van der Waals surface area contributed by atoms with Crippen LogP contribution in [0.2, 0.25) is 0 Å². The summed E-state index contributed by atoms with van der Waals surface area (Å²) in [5.74, 6) is 5.06. The molecule has 0 N–H and O–H groups in total. The van der Waals surface area contributed by atoms with Crippen molar-refractivity contribution in [3.8, 4) is 46.0 Å². The highest BCUT2D eigenvalue weighted by Gasteiger charge is 2.42. The number of carbonyl (C=O) groups excluding carboxylic acids is 2. The van der Waals surface area contributed by atoms with Gasteiger partial charge in [-0.05, 0) is 102 Å². The van der Waals surface area contributed by atoms with Crippen molar-refractivity contribution in [1.82, 2.24) is 0 Å². The molecule has 0 fully saturated rings. The third kappa shape index (κ3) is 15.3. The van der Waals surface area contributed by atoms with Crippen LogP contribution >= 0.6 is 0 Å². The fraction of sp³-hybridized carbons (Fsp3) is 0.458.